The van der Waals surface area contributed by atoms with Crippen LogP contribution in [0.2, 0.25) is 0 Å². The number of fused-ring (bicyclic) bond motifs is 1. The summed E-state index contributed by atoms with van der Waals surface area (Å²) in [6.45, 7) is 4.67. The molecule has 2 nitrogen and oxygen atoms in total. The largest absolute Gasteiger partial charge is 0.326 e. The van der Waals surface area contributed by atoms with Crippen molar-refractivity contribution in [2.45, 2.75) is 25.4 Å². The van der Waals surface area contributed by atoms with Gasteiger partial charge in [0.2, 0.25) is 0 Å². The lowest BCUT2D eigenvalue weighted by atomic mass is 9.81. The summed E-state index contributed by atoms with van der Waals surface area (Å²) in [5, 5.41) is 0. The molecular formula is C7H14N2. The number of hydrogen-bond donors (Lipinski definition) is 1. The van der Waals surface area contributed by atoms with Crippen LogP contribution in [0.3, 0.4) is 0 Å². The molecule has 3 aliphatic rings. The van der Waals surface area contributed by atoms with Crippen LogP contribution in [0.15, 0.2) is 0 Å². The maximum atomic E-state index is 5.85. The standard InChI is InChI=1S/C7H14N2/c1-2-9-4-5-3-6(9)7(5)8/h5-7H,2-4,8H2,1H3. The third-order valence-corrected chi connectivity index (χ3v) is 2.88. The molecule has 2 heterocycles. The molecule has 3 rings (SSSR count). The van der Waals surface area contributed by atoms with Gasteiger partial charge in [0, 0.05) is 18.6 Å². The fourth-order valence-electron chi connectivity index (χ4n) is 2.13. The van der Waals surface area contributed by atoms with Crippen molar-refractivity contribution in [3.05, 3.63) is 0 Å². The first-order chi connectivity index (χ1) is 4.33. The smallest absolute Gasteiger partial charge is 0.0254 e. The van der Waals surface area contributed by atoms with E-state index in [1.807, 2.05) is 0 Å². The van der Waals surface area contributed by atoms with Gasteiger partial charge in [0.05, 0.1) is 0 Å². The molecule has 1 saturated carbocycles. The van der Waals surface area contributed by atoms with Gasteiger partial charge in [-0.3, -0.25) is 4.90 Å². The van der Waals surface area contributed by atoms with E-state index in [4.69, 9.17) is 5.73 Å². The molecule has 2 heteroatoms. The van der Waals surface area contributed by atoms with Crippen LogP contribution < -0.4 is 5.73 Å². The van der Waals surface area contributed by atoms with Gasteiger partial charge in [-0.25, -0.2) is 0 Å². The first-order valence-electron chi connectivity index (χ1n) is 3.82. The fourth-order valence-corrected chi connectivity index (χ4v) is 2.13. The number of nitrogens with two attached hydrogens (primary N) is 1. The maximum absolute atomic E-state index is 5.85. The molecular weight excluding hydrogens is 112 g/mol. The lowest BCUT2D eigenvalue weighted by Crippen LogP contribution is -2.49. The van der Waals surface area contributed by atoms with E-state index < -0.39 is 0 Å². The van der Waals surface area contributed by atoms with Gasteiger partial charge < -0.3 is 5.73 Å². The normalized spacial score (nSPS) is 49.3. The molecule has 3 unspecified atom stereocenters. The predicted octanol–water partition coefficient (Wildman–Crippen LogP) is 0.0377. The molecule has 2 bridgehead atoms. The first kappa shape index (κ1) is 5.69. The molecule has 0 aromatic rings. The summed E-state index contributed by atoms with van der Waals surface area (Å²) in [7, 11) is 0. The summed E-state index contributed by atoms with van der Waals surface area (Å²) in [4.78, 5) is 2.50. The van der Waals surface area contributed by atoms with Crippen LogP contribution in [0, 0.1) is 5.92 Å². The van der Waals surface area contributed by atoms with Crippen molar-refractivity contribution in [3.63, 3.8) is 0 Å². The van der Waals surface area contributed by atoms with Gasteiger partial charge in [-0.2, -0.15) is 0 Å². The van der Waals surface area contributed by atoms with Gasteiger partial charge in [-0.1, -0.05) is 6.92 Å². The fraction of sp³-hybridized carbons (Fsp3) is 1.00. The van der Waals surface area contributed by atoms with E-state index in [1.54, 1.807) is 0 Å². The Labute approximate surface area is 56.0 Å². The molecule has 9 heavy (non-hydrogen) atoms. The minimum Gasteiger partial charge on any atom is -0.326 e. The number of likely N-dealkylation sites (N-methyl/N-ethyl adjacent to an activating group) is 1. The molecule has 0 radical (unpaired) electrons. The van der Waals surface area contributed by atoms with Gasteiger partial charge in [-0.15, -0.1) is 0 Å². The van der Waals surface area contributed by atoms with Gasteiger partial charge in [0.25, 0.3) is 0 Å². The minimum atomic E-state index is 0.518. The van der Waals surface area contributed by atoms with E-state index in [-0.39, 0.29) is 0 Å². The molecule has 0 amide bonds. The Morgan fingerprint density at radius 2 is 2.44 bits per heavy atom. The average Bonchev–Trinajstić information content (AvgIpc) is 2.40. The summed E-state index contributed by atoms with van der Waals surface area (Å²) in [5.74, 6) is 0.843. The van der Waals surface area contributed by atoms with Gasteiger partial charge in [-0.05, 0) is 18.9 Å². The summed E-state index contributed by atoms with van der Waals surface area (Å²) in [6.07, 6.45) is 1.37. The average molecular weight is 126 g/mol. The maximum Gasteiger partial charge on any atom is 0.0254 e. The Balaban J connectivity index is 2.03. The second-order valence-corrected chi connectivity index (χ2v) is 3.23. The molecule has 3 atom stereocenters. The van der Waals surface area contributed by atoms with Crippen molar-refractivity contribution in [2.75, 3.05) is 13.1 Å². The van der Waals surface area contributed by atoms with E-state index in [0.29, 0.717) is 6.04 Å². The molecule has 0 aromatic heterocycles. The van der Waals surface area contributed by atoms with Crippen molar-refractivity contribution < 1.29 is 0 Å². The minimum absolute atomic E-state index is 0.518. The van der Waals surface area contributed by atoms with Crippen LogP contribution in [0.4, 0.5) is 0 Å². The Morgan fingerprint density at radius 1 is 1.67 bits per heavy atom. The van der Waals surface area contributed by atoms with Crippen LogP contribution in [-0.2, 0) is 0 Å². The Bertz CT molecular complexity index is 124. The van der Waals surface area contributed by atoms with Gasteiger partial charge in [0.1, 0.15) is 0 Å². The SMILES string of the molecule is CCN1CC2CC1C2N. The van der Waals surface area contributed by atoms with Gasteiger partial charge in [0.15, 0.2) is 0 Å². The molecule has 0 spiro atoms. The molecule has 3 fully saturated rings. The van der Waals surface area contributed by atoms with Gasteiger partial charge >= 0.3 is 0 Å². The predicted molar refractivity (Wildman–Crippen MR) is 37.1 cm³/mol. The molecule has 1 aliphatic carbocycles. The van der Waals surface area contributed by atoms with E-state index in [0.717, 1.165) is 12.0 Å². The van der Waals surface area contributed by atoms with E-state index in [2.05, 4.69) is 11.8 Å². The van der Waals surface area contributed by atoms with Crippen molar-refractivity contribution in [3.8, 4) is 0 Å². The van der Waals surface area contributed by atoms with Crippen molar-refractivity contribution >= 4 is 0 Å². The van der Waals surface area contributed by atoms with Crippen molar-refractivity contribution in [1.82, 2.24) is 4.90 Å². The highest BCUT2D eigenvalue weighted by Crippen LogP contribution is 2.38. The zero-order valence-corrected chi connectivity index (χ0v) is 5.88. The van der Waals surface area contributed by atoms with Crippen LogP contribution in [0.25, 0.3) is 0 Å². The molecule has 2 saturated heterocycles. The lowest BCUT2D eigenvalue weighted by Gasteiger charge is -2.33. The highest BCUT2D eigenvalue weighted by atomic mass is 15.2. The second-order valence-electron chi connectivity index (χ2n) is 3.23. The Morgan fingerprint density at radius 3 is 2.67 bits per heavy atom. The Hall–Kier alpha value is -0.0800. The highest BCUT2D eigenvalue weighted by molar-refractivity contribution is 5.06. The number of rotatable bonds is 1. The van der Waals surface area contributed by atoms with E-state index >= 15 is 0 Å². The summed E-state index contributed by atoms with van der Waals surface area (Å²) in [6, 6.07) is 1.27. The monoisotopic (exact) mass is 126 g/mol. The first-order valence-corrected chi connectivity index (χ1v) is 3.82. The van der Waals surface area contributed by atoms with E-state index in [1.165, 1.54) is 19.5 Å². The van der Waals surface area contributed by atoms with Crippen LogP contribution in [-0.4, -0.2) is 30.1 Å². The third-order valence-electron chi connectivity index (χ3n) is 2.88. The van der Waals surface area contributed by atoms with Crippen molar-refractivity contribution in [2.24, 2.45) is 11.7 Å². The molecule has 2 N–H and O–H groups in total. The zero-order chi connectivity index (χ0) is 6.43. The number of hydrogen-bond acceptors (Lipinski definition) is 2. The lowest BCUT2D eigenvalue weighted by molar-refractivity contribution is 0.221. The van der Waals surface area contributed by atoms with Crippen LogP contribution in [0.5, 0.6) is 0 Å². The van der Waals surface area contributed by atoms with E-state index in [9.17, 15) is 0 Å². The zero-order valence-electron chi connectivity index (χ0n) is 5.88. The van der Waals surface area contributed by atoms with Crippen molar-refractivity contribution in [1.29, 1.82) is 0 Å². The van der Waals surface area contributed by atoms with Crippen LogP contribution >= 0.6 is 0 Å². The molecule has 2 aliphatic heterocycles. The van der Waals surface area contributed by atoms with Crippen LogP contribution in [0.1, 0.15) is 13.3 Å². The summed E-state index contributed by atoms with van der Waals surface area (Å²) < 4.78 is 0. The Kier molecular flexibility index (Phi) is 1.08. The topological polar surface area (TPSA) is 29.3 Å². The molecule has 0 aromatic carbocycles. The third kappa shape index (κ3) is 0.578. The highest BCUT2D eigenvalue weighted by Gasteiger charge is 2.48. The summed E-state index contributed by atoms with van der Waals surface area (Å²) in [5.41, 5.74) is 5.85. The number of nitrogens with zero attached hydrogens (tertiary/aromatic N) is 1. The quantitative estimate of drug-likeness (QED) is 0.537. The second kappa shape index (κ2) is 1.70. The summed E-state index contributed by atoms with van der Waals surface area (Å²) >= 11 is 0. The molecule has 52 valence electrons.